The SMILES string of the molecule is Nc1ccc(Cl)c(Cn2cc(Br)cn2)c1. The summed E-state index contributed by atoms with van der Waals surface area (Å²) >= 11 is 9.38. The Labute approximate surface area is 101 Å². The van der Waals surface area contributed by atoms with Crippen LogP contribution in [0, 0.1) is 0 Å². The number of nitrogens with two attached hydrogens (primary N) is 1. The third-order valence-corrected chi connectivity index (χ3v) is 2.78. The summed E-state index contributed by atoms with van der Waals surface area (Å²) in [5, 5.41) is 4.86. The molecule has 0 bridgehead atoms. The summed E-state index contributed by atoms with van der Waals surface area (Å²) in [5.41, 5.74) is 7.36. The molecule has 1 aromatic carbocycles. The standard InChI is InChI=1S/C10H9BrClN3/c11-8-4-14-15(6-8)5-7-3-9(13)1-2-10(7)12/h1-4,6H,5,13H2. The lowest BCUT2D eigenvalue weighted by atomic mass is 10.2. The normalized spacial score (nSPS) is 10.5. The first kappa shape index (κ1) is 10.5. The van der Waals surface area contributed by atoms with Gasteiger partial charge in [0.2, 0.25) is 0 Å². The second-order valence-corrected chi connectivity index (χ2v) is 4.53. The van der Waals surface area contributed by atoms with E-state index in [0.29, 0.717) is 17.3 Å². The predicted octanol–water partition coefficient (Wildman–Crippen LogP) is 2.93. The Kier molecular flexibility index (Phi) is 2.98. The van der Waals surface area contributed by atoms with E-state index < -0.39 is 0 Å². The van der Waals surface area contributed by atoms with Crippen molar-refractivity contribution in [1.82, 2.24) is 9.78 Å². The van der Waals surface area contributed by atoms with Crippen LogP contribution in [0.15, 0.2) is 35.1 Å². The molecule has 0 fully saturated rings. The smallest absolute Gasteiger partial charge is 0.0675 e. The van der Waals surface area contributed by atoms with E-state index in [4.69, 9.17) is 17.3 Å². The van der Waals surface area contributed by atoms with Crippen molar-refractivity contribution in [3.8, 4) is 0 Å². The zero-order valence-electron chi connectivity index (χ0n) is 7.82. The van der Waals surface area contributed by atoms with Gasteiger partial charge in [-0.15, -0.1) is 0 Å². The predicted molar refractivity (Wildman–Crippen MR) is 64.9 cm³/mol. The molecule has 0 spiro atoms. The fourth-order valence-corrected chi connectivity index (χ4v) is 1.82. The maximum absolute atomic E-state index is 6.04. The summed E-state index contributed by atoms with van der Waals surface area (Å²) in [6, 6.07) is 5.44. The Balaban J connectivity index is 2.27. The number of anilines is 1. The molecule has 0 radical (unpaired) electrons. The molecule has 0 amide bonds. The molecule has 0 saturated heterocycles. The highest BCUT2D eigenvalue weighted by Gasteiger charge is 2.03. The summed E-state index contributed by atoms with van der Waals surface area (Å²) in [6.45, 7) is 0.621. The number of hydrogen-bond donors (Lipinski definition) is 1. The van der Waals surface area contributed by atoms with E-state index in [-0.39, 0.29) is 0 Å². The van der Waals surface area contributed by atoms with Crippen molar-refractivity contribution in [2.45, 2.75) is 6.54 Å². The maximum Gasteiger partial charge on any atom is 0.0675 e. The Hall–Kier alpha value is -1.00. The van der Waals surface area contributed by atoms with Crippen LogP contribution in [0.1, 0.15) is 5.56 Å². The molecule has 0 saturated carbocycles. The summed E-state index contributed by atoms with van der Waals surface area (Å²) in [5.74, 6) is 0. The summed E-state index contributed by atoms with van der Waals surface area (Å²) < 4.78 is 2.74. The number of aromatic nitrogens is 2. The van der Waals surface area contributed by atoms with E-state index in [1.54, 1.807) is 23.0 Å². The minimum absolute atomic E-state index is 0.621. The van der Waals surface area contributed by atoms with Gasteiger partial charge in [0, 0.05) is 16.9 Å². The average Bonchev–Trinajstić information content (AvgIpc) is 2.58. The Bertz CT molecular complexity index is 481. The Morgan fingerprint density at radius 1 is 1.47 bits per heavy atom. The van der Waals surface area contributed by atoms with Gasteiger partial charge >= 0.3 is 0 Å². The molecule has 0 aliphatic heterocycles. The summed E-state index contributed by atoms with van der Waals surface area (Å²) in [7, 11) is 0. The first-order valence-corrected chi connectivity index (χ1v) is 5.54. The zero-order valence-corrected chi connectivity index (χ0v) is 10.2. The highest BCUT2D eigenvalue weighted by molar-refractivity contribution is 9.10. The zero-order chi connectivity index (χ0) is 10.8. The van der Waals surface area contributed by atoms with Gasteiger partial charge in [-0.3, -0.25) is 4.68 Å². The first-order chi connectivity index (χ1) is 7.15. The molecule has 5 heteroatoms. The number of rotatable bonds is 2. The van der Waals surface area contributed by atoms with E-state index in [1.807, 2.05) is 12.3 Å². The highest BCUT2D eigenvalue weighted by atomic mass is 79.9. The lowest BCUT2D eigenvalue weighted by molar-refractivity contribution is 0.687. The molecule has 3 nitrogen and oxygen atoms in total. The molecule has 2 N–H and O–H groups in total. The Morgan fingerprint density at radius 2 is 2.27 bits per heavy atom. The van der Waals surface area contributed by atoms with Gasteiger partial charge in [0.1, 0.15) is 0 Å². The lowest BCUT2D eigenvalue weighted by Gasteiger charge is -2.05. The fourth-order valence-electron chi connectivity index (χ4n) is 1.32. The van der Waals surface area contributed by atoms with Gasteiger partial charge in [-0.25, -0.2) is 0 Å². The molecule has 0 atom stereocenters. The molecule has 78 valence electrons. The fraction of sp³-hybridized carbons (Fsp3) is 0.100. The van der Waals surface area contributed by atoms with Crippen LogP contribution in [0.3, 0.4) is 0 Å². The van der Waals surface area contributed by atoms with Crippen LogP contribution in [0.4, 0.5) is 5.69 Å². The largest absolute Gasteiger partial charge is 0.399 e. The number of nitrogens with zero attached hydrogens (tertiary/aromatic N) is 2. The average molecular weight is 287 g/mol. The van der Waals surface area contributed by atoms with Crippen molar-refractivity contribution >= 4 is 33.2 Å². The summed E-state index contributed by atoms with van der Waals surface area (Å²) in [6.07, 6.45) is 3.62. The number of hydrogen-bond acceptors (Lipinski definition) is 2. The van der Waals surface area contributed by atoms with Gasteiger partial charge in [0.05, 0.1) is 17.2 Å². The summed E-state index contributed by atoms with van der Waals surface area (Å²) in [4.78, 5) is 0. The van der Waals surface area contributed by atoms with Crippen molar-refractivity contribution in [3.63, 3.8) is 0 Å². The molecule has 0 aliphatic rings. The van der Waals surface area contributed by atoms with E-state index in [1.165, 1.54) is 0 Å². The molecule has 15 heavy (non-hydrogen) atoms. The number of nitrogen functional groups attached to an aromatic ring is 1. The van der Waals surface area contributed by atoms with Crippen molar-refractivity contribution < 1.29 is 0 Å². The third-order valence-electron chi connectivity index (χ3n) is 2.00. The van der Waals surface area contributed by atoms with Crippen LogP contribution < -0.4 is 5.73 Å². The van der Waals surface area contributed by atoms with Gasteiger partial charge in [-0.1, -0.05) is 11.6 Å². The lowest BCUT2D eigenvalue weighted by Crippen LogP contribution is -2.01. The van der Waals surface area contributed by atoms with Crippen molar-refractivity contribution in [2.75, 3.05) is 5.73 Å². The van der Waals surface area contributed by atoms with Gasteiger partial charge in [0.15, 0.2) is 0 Å². The van der Waals surface area contributed by atoms with Crippen LogP contribution in [-0.4, -0.2) is 9.78 Å². The van der Waals surface area contributed by atoms with Gasteiger partial charge in [-0.05, 0) is 39.7 Å². The van der Waals surface area contributed by atoms with Crippen LogP contribution in [0.25, 0.3) is 0 Å². The second kappa shape index (κ2) is 4.24. The highest BCUT2D eigenvalue weighted by Crippen LogP contribution is 2.20. The molecule has 0 aliphatic carbocycles. The van der Waals surface area contributed by atoms with E-state index in [2.05, 4.69) is 21.0 Å². The molecule has 0 unspecified atom stereocenters. The molecule has 1 heterocycles. The second-order valence-electron chi connectivity index (χ2n) is 3.21. The molecule has 1 aromatic heterocycles. The van der Waals surface area contributed by atoms with Gasteiger partial charge in [0.25, 0.3) is 0 Å². The van der Waals surface area contributed by atoms with Crippen molar-refractivity contribution in [2.24, 2.45) is 0 Å². The van der Waals surface area contributed by atoms with E-state index >= 15 is 0 Å². The van der Waals surface area contributed by atoms with Crippen molar-refractivity contribution in [1.29, 1.82) is 0 Å². The van der Waals surface area contributed by atoms with E-state index in [9.17, 15) is 0 Å². The number of benzene rings is 1. The van der Waals surface area contributed by atoms with Crippen LogP contribution >= 0.6 is 27.5 Å². The maximum atomic E-state index is 6.04. The Morgan fingerprint density at radius 3 is 2.93 bits per heavy atom. The van der Waals surface area contributed by atoms with Crippen LogP contribution in [-0.2, 0) is 6.54 Å². The minimum Gasteiger partial charge on any atom is -0.399 e. The molecular formula is C10H9BrClN3. The third kappa shape index (κ3) is 2.52. The van der Waals surface area contributed by atoms with Crippen LogP contribution in [0.5, 0.6) is 0 Å². The number of halogens is 2. The van der Waals surface area contributed by atoms with Crippen molar-refractivity contribution in [3.05, 3.63) is 45.7 Å². The quantitative estimate of drug-likeness (QED) is 0.863. The van der Waals surface area contributed by atoms with Gasteiger partial charge < -0.3 is 5.73 Å². The minimum atomic E-state index is 0.621. The van der Waals surface area contributed by atoms with E-state index in [0.717, 1.165) is 10.0 Å². The van der Waals surface area contributed by atoms with Gasteiger partial charge in [-0.2, -0.15) is 5.10 Å². The molecule has 2 aromatic rings. The first-order valence-electron chi connectivity index (χ1n) is 4.37. The topological polar surface area (TPSA) is 43.8 Å². The monoisotopic (exact) mass is 285 g/mol. The van der Waals surface area contributed by atoms with Crippen LogP contribution in [0.2, 0.25) is 5.02 Å². The molecule has 2 rings (SSSR count). The molecular weight excluding hydrogens is 277 g/mol.